The van der Waals surface area contributed by atoms with Crippen LogP contribution in [0.2, 0.25) is 0 Å². The van der Waals surface area contributed by atoms with Crippen molar-refractivity contribution in [3.8, 4) is 0 Å². The molecule has 3 aromatic rings. The average molecular weight is 415 g/mol. The normalized spacial score (nSPS) is 12.4. The van der Waals surface area contributed by atoms with Crippen LogP contribution in [0.4, 0.5) is 10.5 Å². The van der Waals surface area contributed by atoms with Gasteiger partial charge in [0, 0.05) is 17.1 Å². The van der Waals surface area contributed by atoms with Crippen molar-refractivity contribution in [2.45, 2.75) is 24.0 Å². The summed E-state index contributed by atoms with van der Waals surface area (Å²) in [4.78, 5) is 13.3. The zero-order valence-corrected chi connectivity index (χ0v) is 17.3. The Morgan fingerprint density at radius 1 is 1.04 bits per heavy atom. The molecule has 0 spiro atoms. The van der Waals surface area contributed by atoms with Crippen molar-refractivity contribution in [3.63, 3.8) is 0 Å². The molecule has 0 aliphatic rings. The van der Waals surface area contributed by atoms with Crippen LogP contribution in [0.3, 0.4) is 0 Å². The Balaban J connectivity index is 1.84. The molecule has 1 aromatic heterocycles. The molecular weight excluding hydrogens is 392 g/mol. The van der Waals surface area contributed by atoms with E-state index in [1.165, 1.54) is 11.3 Å². The van der Waals surface area contributed by atoms with Crippen LogP contribution < -0.4 is 10.6 Å². The Morgan fingerprint density at radius 2 is 1.79 bits per heavy atom. The highest BCUT2D eigenvalue weighted by atomic mass is 32.2. The Labute approximate surface area is 169 Å². The van der Waals surface area contributed by atoms with Crippen molar-refractivity contribution in [2.24, 2.45) is 0 Å². The summed E-state index contributed by atoms with van der Waals surface area (Å²) in [6.07, 6.45) is 0. The number of thiophene rings is 1. The van der Waals surface area contributed by atoms with Gasteiger partial charge in [0.15, 0.2) is 9.84 Å². The SMILES string of the molecule is Cc1ccc(C)c(S(=O)(=O)[C@H](CNC(=O)Nc2ccccc2)c2cccs2)c1. The number of rotatable bonds is 6. The number of hydrogen-bond donors (Lipinski definition) is 2. The lowest BCUT2D eigenvalue weighted by Gasteiger charge is -2.19. The second kappa shape index (κ2) is 8.58. The van der Waals surface area contributed by atoms with E-state index < -0.39 is 21.1 Å². The van der Waals surface area contributed by atoms with Crippen LogP contribution in [0, 0.1) is 13.8 Å². The number of amides is 2. The van der Waals surface area contributed by atoms with E-state index in [0.717, 1.165) is 5.56 Å². The summed E-state index contributed by atoms with van der Waals surface area (Å²) in [7, 11) is -3.68. The number of hydrogen-bond acceptors (Lipinski definition) is 4. The van der Waals surface area contributed by atoms with Crippen LogP contribution >= 0.6 is 11.3 Å². The number of anilines is 1. The maximum absolute atomic E-state index is 13.4. The number of para-hydroxylation sites is 1. The third-order valence-corrected chi connectivity index (χ3v) is 7.72. The molecule has 3 rings (SSSR count). The summed E-state index contributed by atoms with van der Waals surface area (Å²) >= 11 is 1.37. The molecule has 1 atom stereocenters. The minimum absolute atomic E-state index is 0.0190. The monoisotopic (exact) mass is 414 g/mol. The molecule has 0 aliphatic heterocycles. The first kappa shape index (κ1) is 20.1. The van der Waals surface area contributed by atoms with Gasteiger partial charge in [0.05, 0.1) is 4.90 Å². The van der Waals surface area contributed by atoms with Crippen LogP contribution in [0.5, 0.6) is 0 Å². The molecule has 0 radical (unpaired) electrons. The first-order valence-electron chi connectivity index (χ1n) is 8.82. The van der Waals surface area contributed by atoms with Crippen molar-refractivity contribution >= 4 is 32.9 Å². The smallest absolute Gasteiger partial charge is 0.319 e. The topological polar surface area (TPSA) is 75.3 Å². The molecule has 2 aromatic carbocycles. The van der Waals surface area contributed by atoms with E-state index in [9.17, 15) is 13.2 Å². The number of urea groups is 1. The van der Waals surface area contributed by atoms with Crippen molar-refractivity contribution in [1.82, 2.24) is 5.32 Å². The molecule has 1 heterocycles. The van der Waals surface area contributed by atoms with Crippen molar-refractivity contribution in [1.29, 1.82) is 0 Å². The Hall–Kier alpha value is -2.64. The van der Waals surface area contributed by atoms with Crippen molar-refractivity contribution in [2.75, 3.05) is 11.9 Å². The molecule has 0 unspecified atom stereocenters. The van der Waals surface area contributed by atoms with E-state index in [1.54, 1.807) is 31.2 Å². The maximum atomic E-state index is 13.4. The van der Waals surface area contributed by atoms with Crippen molar-refractivity contribution in [3.05, 3.63) is 82.0 Å². The highest BCUT2D eigenvalue weighted by Crippen LogP contribution is 2.33. The zero-order chi connectivity index (χ0) is 20.1. The van der Waals surface area contributed by atoms with E-state index in [1.807, 2.05) is 48.7 Å². The van der Waals surface area contributed by atoms with Gasteiger partial charge in [-0.15, -0.1) is 11.3 Å². The van der Waals surface area contributed by atoms with Crippen molar-refractivity contribution < 1.29 is 13.2 Å². The summed E-state index contributed by atoms with van der Waals surface area (Å²) in [5.41, 5.74) is 2.22. The molecule has 2 amide bonds. The highest BCUT2D eigenvalue weighted by molar-refractivity contribution is 7.92. The maximum Gasteiger partial charge on any atom is 0.319 e. The third-order valence-electron chi connectivity index (χ3n) is 4.36. The summed E-state index contributed by atoms with van der Waals surface area (Å²) in [5, 5.41) is 6.41. The number of nitrogens with one attached hydrogen (secondary N) is 2. The largest absolute Gasteiger partial charge is 0.336 e. The fraction of sp³-hybridized carbons (Fsp3) is 0.190. The first-order chi connectivity index (χ1) is 13.4. The number of sulfone groups is 1. The van der Waals surface area contributed by atoms with Gasteiger partial charge in [-0.05, 0) is 54.6 Å². The van der Waals surface area contributed by atoms with Gasteiger partial charge in [0.1, 0.15) is 5.25 Å². The summed E-state index contributed by atoms with van der Waals surface area (Å²) in [6.45, 7) is 3.63. The predicted molar refractivity (Wildman–Crippen MR) is 114 cm³/mol. The number of carbonyl (C=O) groups is 1. The number of carbonyl (C=O) groups excluding carboxylic acids is 1. The van der Waals surface area contributed by atoms with Gasteiger partial charge < -0.3 is 10.6 Å². The third kappa shape index (κ3) is 4.61. The number of aryl methyl sites for hydroxylation is 2. The van der Waals surface area contributed by atoms with Gasteiger partial charge in [-0.2, -0.15) is 0 Å². The summed E-state index contributed by atoms with van der Waals surface area (Å²) in [6, 6.07) is 17.6. The van der Waals surface area contributed by atoms with Gasteiger partial charge >= 0.3 is 6.03 Å². The van der Waals surface area contributed by atoms with E-state index in [4.69, 9.17) is 0 Å². The molecule has 0 fully saturated rings. The molecule has 0 aliphatic carbocycles. The van der Waals surface area contributed by atoms with E-state index in [-0.39, 0.29) is 6.54 Å². The lowest BCUT2D eigenvalue weighted by molar-refractivity contribution is 0.252. The predicted octanol–water partition coefficient (Wildman–Crippen LogP) is 4.70. The fourth-order valence-corrected chi connectivity index (χ4v) is 6.00. The lowest BCUT2D eigenvalue weighted by atomic mass is 10.2. The standard InChI is InChI=1S/C21H22N2O3S2/c1-15-10-11-16(2)19(13-15)28(25,26)20(18-9-6-12-27-18)14-22-21(24)23-17-7-4-3-5-8-17/h3-13,20H,14H2,1-2H3,(H2,22,23,24)/t20-/m1/s1. The molecule has 28 heavy (non-hydrogen) atoms. The van der Waals surface area contributed by atoms with Gasteiger partial charge in [-0.3, -0.25) is 0 Å². The molecule has 2 N–H and O–H groups in total. The molecule has 0 saturated heterocycles. The molecule has 7 heteroatoms. The fourth-order valence-electron chi connectivity index (χ4n) is 2.89. The van der Waals surface area contributed by atoms with E-state index in [0.29, 0.717) is 21.0 Å². The second-order valence-corrected chi connectivity index (χ2v) is 9.60. The van der Waals surface area contributed by atoms with Crippen LogP contribution in [0.25, 0.3) is 0 Å². The van der Waals surface area contributed by atoms with Gasteiger partial charge in [0.2, 0.25) is 0 Å². The molecule has 5 nitrogen and oxygen atoms in total. The highest BCUT2D eigenvalue weighted by Gasteiger charge is 2.31. The molecule has 146 valence electrons. The van der Waals surface area contributed by atoms with E-state index >= 15 is 0 Å². The van der Waals surface area contributed by atoms with Crippen LogP contribution in [-0.2, 0) is 9.84 Å². The molecule has 0 bridgehead atoms. The zero-order valence-electron chi connectivity index (χ0n) is 15.7. The van der Waals surface area contributed by atoms with Crippen LogP contribution in [0.15, 0.2) is 70.9 Å². The summed E-state index contributed by atoms with van der Waals surface area (Å²) in [5.74, 6) is 0. The number of benzene rings is 2. The average Bonchev–Trinajstić information content (AvgIpc) is 3.18. The second-order valence-electron chi connectivity index (χ2n) is 6.52. The molecular formula is C21H22N2O3S2. The van der Waals surface area contributed by atoms with E-state index in [2.05, 4.69) is 10.6 Å². The van der Waals surface area contributed by atoms with Gasteiger partial charge in [-0.1, -0.05) is 36.4 Å². The van der Waals surface area contributed by atoms with Gasteiger partial charge in [0.25, 0.3) is 0 Å². The lowest BCUT2D eigenvalue weighted by Crippen LogP contribution is -2.34. The summed E-state index contributed by atoms with van der Waals surface area (Å²) < 4.78 is 26.8. The quantitative estimate of drug-likeness (QED) is 0.614. The van der Waals surface area contributed by atoms with Crippen LogP contribution in [-0.4, -0.2) is 21.0 Å². The van der Waals surface area contributed by atoms with Gasteiger partial charge in [-0.25, -0.2) is 13.2 Å². The Kier molecular flexibility index (Phi) is 6.16. The Bertz CT molecular complexity index is 1050. The first-order valence-corrected chi connectivity index (χ1v) is 11.2. The minimum Gasteiger partial charge on any atom is -0.336 e. The Morgan fingerprint density at radius 3 is 2.46 bits per heavy atom. The minimum atomic E-state index is -3.68. The van der Waals surface area contributed by atoms with Crippen LogP contribution in [0.1, 0.15) is 21.3 Å². The molecule has 0 saturated carbocycles.